The van der Waals surface area contributed by atoms with Gasteiger partial charge in [-0.05, 0) is 18.8 Å². The van der Waals surface area contributed by atoms with E-state index >= 15 is 0 Å². The van der Waals surface area contributed by atoms with E-state index < -0.39 is 11.8 Å². The molecule has 2 aliphatic rings. The van der Waals surface area contributed by atoms with Crippen molar-refractivity contribution in [3.8, 4) is 0 Å². The number of rotatable bonds is 3. The van der Waals surface area contributed by atoms with E-state index in [-0.39, 0.29) is 36.2 Å². The van der Waals surface area contributed by atoms with Crippen molar-refractivity contribution in [1.82, 2.24) is 5.32 Å². The lowest BCUT2D eigenvalue weighted by Crippen LogP contribution is -2.32. The first-order chi connectivity index (χ1) is 8.47. The molecular formula is C13H17NO4. The summed E-state index contributed by atoms with van der Waals surface area (Å²) in [5.74, 6) is -1.67. The Morgan fingerprint density at radius 1 is 1.33 bits per heavy atom. The molecule has 5 nitrogen and oxygen atoms in total. The Labute approximate surface area is 105 Å². The fourth-order valence-corrected chi connectivity index (χ4v) is 2.68. The van der Waals surface area contributed by atoms with E-state index in [2.05, 4.69) is 5.32 Å². The van der Waals surface area contributed by atoms with E-state index in [4.69, 9.17) is 0 Å². The second-order valence-corrected chi connectivity index (χ2v) is 5.38. The second kappa shape index (κ2) is 5.00. The molecule has 98 valence electrons. The van der Waals surface area contributed by atoms with Gasteiger partial charge in [0.2, 0.25) is 11.8 Å². The zero-order chi connectivity index (χ0) is 13.3. The van der Waals surface area contributed by atoms with Gasteiger partial charge in [-0.2, -0.15) is 0 Å². The van der Waals surface area contributed by atoms with E-state index in [1.807, 2.05) is 6.92 Å². The summed E-state index contributed by atoms with van der Waals surface area (Å²) in [7, 11) is 0. The number of carbonyl (C=O) groups is 4. The smallest absolute Gasteiger partial charge is 0.230 e. The predicted molar refractivity (Wildman–Crippen MR) is 62.4 cm³/mol. The molecule has 0 aromatic carbocycles. The number of hydrogen-bond donors (Lipinski definition) is 1. The van der Waals surface area contributed by atoms with E-state index in [0.717, 1.165) is 6.42 Å². The van der Waals surface area contributed by atoms with Crippen molar-refractivity contribution in [3.63, 3.8) is 0 Å². The molecule has 2 rings (SSSR count). The van der Waals surface area contributed by atoms with Crippen LogP contribution in [0.4, 0.5) is 0 Å². The summed E-state index contributed by atoms with van der Waals surface area (Å²) in [6.07, 6.45) is 1.96. The van der Waals surface area contributed by atoms with Gasteiger partial charge in [0.25, 0.3) is 0 Å². The van der Waals surface area contributed by atoms with E-state index in [1.54, 1.807) is 0 Å². The van der Waals surface area contributed by atoms with Crippen LogP contribution in [0.3, 0.4) is 0 Å². The van der Waals surface area contributed by atoms with Crippen LogP contribution < -0.4 is 5.32 Å². The van der Waals surface area contributed by atoms with Crippen LogP contribution >= 0.6 is 0 Å². The van der Waals surface area contributed by atoms with Gasteiger partial charge in [-0.1, -0.05) is 6.92 Å². The van der Waals surface area contributed by atoms with E-state index in [9.17, 15) is 19.2 Å². The Hall–Kier alpha value is -1.52. The third kappa shape index (κ3) is 2.66. The molecule has 0 spiro atoms. The summed E-state index contributed by atoms with van der Waals surface area (Å²) in [5, 5.41) is 2.18. The molecule has 2 fully saturated rings. The zero-order valence-corrected chi connectivity index (χ0v) is 10.4. The van der Waals surface area contributed by atoms with Gasteiger partial charge in [-0.25, -0.2) is 0 Å². The minimum absolute atomic E-state index is 0.0113. The van der Waals surface area contributed by atoms with Gasteiger partial charge in [0.05, 0.1) is 11.8 Å². The molecule has 1 saturated carbocycles. The maximum atomic E-state index is 12.1. The lowest BCUT2D eigenvalue weighted by Gasteiger charge is -2.24. The van der Waals surface area contributed by atoms with E-state index in [1.165, 1.54) is 0 Å². The molecule has 5 heteroatoms. The number of hydrogen-bond acceptors (Lipinski definition) is 4. The SMILES string of the molecule is C[C@@H]1CCC(=O)[C@H](C(=O)C[C@@H]2CC(=O)NC2=O)C1. The topological polar surface area (TPSA) is 80.3 Å². The quantitative estimate of drug-likeness (QED) is 0.588. The average Bonchev–Trinajstić information content (AvgIpc) is 2.61. The Balaban J connectivity index is 1.97. The lowest BCUT2D eigenvalue weighted by molar-refractivity contribution is -0.137. The van der Waals surface area contributed by atoms with Crippen molar-refractivity contribution in [2.24, 2.45) is 17.8 Å². The predicted octanol–water partition coefficient (Wildman–Crippen LogP) is 0.614. The minimum atomic E-state index is -0.574. The Bertz CT molecular complexity index is 415. The monoisotopic (exact) mass is 251 g/mol. The fraction of sp³-hybridized carbons (Fsp3) is 0.692. The molecule has 1 heterocycles. The third-order valence-electron chi connectivity index (χ3n) is 3.81. The van der Waals surface area contributed by atoms with Gasteiger partial charge >= 0.3 is 0 Å². The highest BCUT2D eigenvalue weighted by molar-refractivity contribution is 6.08. The summed E-state index contributed by atoms with van der Waals surface area (Å²) < 4.78 is 0. The van der Waals surface area contributed by atoms with E-state index in [0.29, 0.717) is 18.8 Å². The number of nitrogens with one attached hydrogen (secondary N) is 1. The van der Waals surface area contributed by atoms with Crippen molar-refractivity contribution in [2.45, 2.75) is 39.0 Å². The van der Waals surface area contributed by atoms with Gasteiger partial charge in [-0.15, -0.1) is 0 Å². The average molecular weight is 251 g/mol. The van der Waals surface area contributed by atoms with Gasteiger partial charge in [0.1, 0.15) is 11.6 Å². The number of carbonyl (C=O) groups excluding carboxylic acids is 4. The number of imide groups is 1. The van der Waals surface area contributed by atoms with Gasteiger partial charge in [-0.3, -0.25) is 24.5 Å². The molecular weight excluding hydrogens is 234 g/mol. The molecule has 0 aromatic heterocycles. The van der Waals surface area contributed by atoms with Crippen molar-refractivity contribution in [1.29, 1.82) is 0 Å². The summed E-state index contributed by atoms with van der Waals surface area (Å²) in [6, 6.07) is 0. The van der Waals surface area contributed by atoms with Crippen LogP contribution in [0.5, 0.6) is 0 Å². The highest BCUT2D eigenvalue weighted by Gasteiger charge is 2.37. The summed E-state index contributed by atoms with van der Waals surface area (Å²) in [4.78, 5) is 46.2. The molecule has 2 amide bonds. The molecule has 1 aliphatic heterocycles. The lowest BCUT2D eigenvalue weighted by atomic mass is 9.77. The van der Waals surface area contributed by atoms with Crippen molar-refractivity contribution in [2.75, 3.05) is 0 Å². The Morgan fingerprint density at radius 3 is 2.67 bits per heavy atom. The van der Waals surface area contributed by atoms with Crippen LogP contribution in [0.2, 0.25) is 0 Å². The summed E-state index contributed by atoms with van der Waals surface area (Å²) in [5.41, 5.74) is 0. The maximum Gasteiger partial charge on any atom is 0.230 e. The van der Waals surface area contributed by atoms with Crippen LogP contribution in [0, 0.1) is 17.8 Å². The molecule has 1 N–H and O–H groups in total. The maximum absolute atomic E-state index is 12.1. The Morgan fingerprint density at radius 2 is 2.06 bits per heavy atom. The molecule has 0 radical (unpaired) electrons. The van der Waals surface area contributed by atoms with Gasteiger partial charge in [0.15, 0.2) is 0 Å². The summed E-state index contributed by atoms with van der Waals surface area (Å²) in [6.45, 7) is 2.03. The van der Waals surface area contributed by atoms with Crippen LogP contribution in [-0.2, 0) is 19.2 Å². The largest absolute Gasteiger partial charge is 0.299 e. The molecule has 18 heavy (non-hydrogen) atoms. The fourth-order valence-electron chi connectivity index (χ4n) is 2.68. The van der Waals surface area contributed by atoms with Crippen molar-refractivity contribution in [3.05, 3.63) is 0 Å². The highest BCUT2D eigenvalue weighted by atomic mass is 16.2. The van der Waals surface area contributed by atoms with Crippen molar-refractivity contribution >= 4 is 23.4 Å². The molecule has 0 aromatic rings. The molecule has 3 atom stereocenters. The minimum Gasteiger partial charge on any atom is -0.299 e. The second-order valence-electron chi connectivity index (χ2n) is 5.38. The molecule has 0 unspecified atom stereocenters. The molecule has 1 aliphatic carbocycles. The van der Waals surface area contributed by atoms with Crippen LogP contribution in [0.15, 0.2) is 0 Å². The van der Waals surface area contributed by atoms with Gasteiger partial charge < -0.3 is 0 Å². The highest BCUT2D eigenvalue weighted by Crippen LogP contribution is 2.29. The van der Waals surface area contributed by atoms with Gasteiger partial charge in [0, 0.05) is 19.3 Å². The third-order valence-corrected chi connectivity index (χ3v) is 3.81. The standard InChI is InChI=1S/C13H17NO4/c1-7-2-3-10(15)9(4-7)11(16)5-8-6-12(17)14-13(8)18/h7-9H,2-6H2,1H3,(H,14,17,18)/t7-,8-,9-/m1/s1. The van der Waals surface area contributed by atoms with Crippen LogP contribution in [0.25, 0.3) is 0 Å². The van der Waals surface area contributed by atoms with Crippen LogP contribution in [0.1, 0.15) is 39.0 Å². The first-order valence-electron chi connectivity index (χ1n) is 6.36. The van der Waals surface area contributed by atoms with Crippen LogP contribution in [-0.4, -0.2) is 23.4 Å². The normalized spacial score (nSPS) is 32.5. The summed E-state index contributed by atoms with van der Waals surface area (Å²) >= 11 is 0. The number of amides is 2. The molecule has 0 bridgehead atoms. The molecule has 1 saturated heterocycles. The first kappa shape index (κ1) is 12.9. The number of ketones is 2. The first-order valence-corrected chi connectivity index (χ1v) is 6.36. The number of Topliss-reactive ketones (excluding diaryl/α,β-unsaturated/α-hetero) is 2. The van der Waals surface area contributed by atoms with Crippen molar-refractivity contribution < 1.29 is 19.2 Å². The zero-order valence-electron chi connectivity index (χ0n) is 10.4. The Kier molecular flexibility index (Phi) is 3.59.